The molecule has 0 fully saturated rings. The third-order valence-electron chi connectivity index (χ3n) is 14.6. The van der Waals surface area contributed by atoms with Crippen LogP contribution in [0.3, 0.4) is 0 Å². The van der Waals surface area contributed by atoms with Gasteiger partial charge in [-0.05, 0) is 70.6 Å². The maximum atomic E-state index is 12.9. The molecule has 1 unspecified atom stereocenters. The fourth-order valence-corrected chi connectivity index (χ4v) is 9.71. The number of ether oxygens (including phenoxy) is 3. The zero-order valence-electron chi connectivity index (χ0n) is 49.2. The molecule has 0 radical (unpaired) electrons. The Hall–Kier alpha value is -2.37. The van der Waals surface area contributed by atoms with Crippen LogP contribution in [0.1, 0.15) is 355 Å². The summed E-state index contributed by atoms with van der Waals surface area (Å²) in [4.78, 5) is 38.2. The second-order valence-corrected chi connectivity index (χ2v) is 22.0. The Labute approximate surface area is 455 Å². The molecule has 0 amide bonds. The van der Waals surface area contributed by atoms with E-state index in [-0.39, 0.29) is 31.1 Å². The molecule has 0 aliphatic heterocycles. The van der Waals surface area contributed by atoms with Crippen LogP contribution in [-0.4, -0.2) is 37.2 Å². The summed E-state index contributed by atoms with van der Waals surface area (Å²) in [5, 5.41) is 0. The largest absolute Gasteiger partial charge is 0.462 e. The summed E-state index contributed by atoms with van der Waals surface area (Å²) in [6.45, 7) is 6.62. The smallest absolute Gasteiger partial charge is 0.306 e. The molecule has 1 atom stereocenters. The van der Waals surface area contributed by atoms with Gasteiger partial charge in [-0.3, -0.25) is 14.4 Å². The topological polar surface area (TPSA) is 78.9 Å². The molecule has 0 aromatic heterocycles. The molecule has 0 N–H and O–H groups in total. The van der Waals surface area contributed by atoms with E-state index in [1.165, 1.54) is 238 Å². The van der Waals surface area contributed by atoms with Crippen LogP contribution in [0.15, 0.2) is 36.5 Å². The van der Waals surface area contributed by atoms with Crippen LogP contribution < -0.4 is 0 Å². The Kier molecular flexibility index (Phi) is 60.2. The van der Waals surface area contributed by atoms with Gasteiger partial charge in [0.2, 0.25) is 0 Å². The Bertz CT molecular complexity index is 1220. The fourth-order valence-electron chi connectivity index (χ4n) is 9.71. The van der Waals surface area contributed by atoms with Gasteiger partial charge in [-0.15, -0.1) is 0 Å². The number of carbonyl (C=O) groups excluding carboxylic acids is 3. The first-order chi connectivity index (χ1) is 36.0. The number of rotatable bonds is 60. The number of hydrogen-bond donors (Lipinski definition) is 0. The van der Waals surface area contributed by atoms with Crippen LogP contribution in [-0.2, 0) is 28.6 Å². The molecule has 0 heterocycles. The normalized spacial score (nSPS) is 12.2. The molecule has 0 bridgehead atoms. The minimum Gasteiger partial charge on any atom is -0.462 e. The van der Waals surface area contributed by atoms with E-state index in [2.05, 4.69) is 57.2 Å². The first kappa shape index (κ1) is 70.6. The Morgan fingerprint density at radius 2 is 0.521 bits per heavy atom. The van der Waals surface area contributed by atoms with Gasteiger partial charge < -0.3 is 14.2 Å². The highest BCUT2D eigenvalue weighted by atomic mass is 16.6. The Morgan fingerprint density at radius 3 is 0.822 bits per heavy atom. The Morgan fingerprint density at radius 1 is 0.274 bits per heavy atom. The van der Waals surface area contributed by atoms with Gasteiger partial charge in [-0.2, -0.15) is 0 Å². The van der Waals surface area contributed by atoms with Crippen molar-refractivity contribution in [1.82, 2.24) is 0 Å². The van der Waals surface area contributed by atoms with Crippen LogP contribution in [0.4, 0.5) is 0 Å². The number of hydrogen-bond acceptors (Lipinski definition) is 6. The van der Waals surface area contributed by atoms with Gasteiger partial charge in [0, 0.05) is 19.3 Å². The van der Waals surface area contributed by atoms with Gasteiger partial charge >= 0.3 is 17.9 Å². The first-order valence-electron chi connectivity index (χ1n) is 32.5. The molecule has 0 rings (SSSR count). The summed E-state index contributed by atoms with van der Waals surface area (Å²) >= 11 is 0. The van der Waals surface area contributed by atoms with Gasteiger partial charge in [0.1, 0.15) is 13.2 Å². The summed E-state index contributed by atoms with van der Waals surface area (Å²) < 4.78 is 16.9. The lowest BCUT2D eigenvalue weighted by Gasteiger charge is -2.18. The highest BCUT2D eigenvalue weighted by molar-refractivity contribution is 5.71. The molecule has 0 aliphatic carbocycles. The van der Waals surface area contributed by atoms with Crippen LogP contribution in [0.2, 0.25) is 0 Å². The van der Waals surface area contributed by atoms with Crippen molar-refractivity contribution >= 4 is 17.9 Å². The second-order valence-electron chi connectivity index (χ2n) is 22.0. The van der Waals surface area contributed by atoms with E-state index in [1.54, 1.807) is 0 Å². The minimum absolute atomic E-state index is 0.0696. The van der Waals surface area contributed by atoms with Crippen molar-refractivity contribution in [3.05, 3.63) is 36.5 Å². The molecule has 428 valence electrons. The Balaban J connectivity index is 4.11. The molecular weight excluding hydrogens is 901 g/mol. The molecule has 0 spiro atoms. The van der Waals surface area contributed by atoms with Crippen molar-refractivity contribution in [2.24, 2.45) is 0 Å². The third-order valence-corrected chi connectivity index (χ3v) is 14.6. The number of carbonyl (C=O) groups is 3. The maximum absolute atomic E-state index is 12.9. The van der Waals surface area contributed by atoms with E-state index in [0.717, 1.165) is 77.0 Å². The number of allylic oxidation sites excluding steroid dienone is 6. The molecule has 0 saturated heterocycles. The summed E-state index contributed by atoms with van der Waals surface area (Å²) in [7, 11) is 0. The van der Waals surface area contributed by atoms with Crippen molar-refractivity contribution in [3.8, 4) is 0 Å². The minimum atomic E-state index is -0.771. The van der Waals surface area contributed by atoms with Crippen molar-refractivity contribution in [2.45, 2.75) is 361 Å². The number of unbranched alkanes of at least 4 members (excludes halogenated alkanes) is 43. The second kappa shape index (κ2) is 62.2. The maximum Gasteiger partial charge on any atom is 0.306 e. The standard InChI is InChI=1S/C67H124O6/c1-4-7-10-13-16-19-22-24-26-28-29-30-31-32-33-34-35-36-37-38-39-40-42-43-45-48-51-54-57-60-66(69)72-63-64(62-71-65(68)59-56-53-50-47-21-18-15-12-9-6-3)73-67(70)61-58-55-52-49-46-44-41-27-25-23-20-17-14-11-8-5-2/h12,15,22,24,28-29,64H,4-11,13-14,16-21,23,25-27,30-63H2,1-3H3/b15-12-,24-22-,29-28-. The third kappa shape index (κ3) is 60.4. The van der Waals surface area contributed by atoms with Crippen molar-refractivity contribution in [3.63, 3.8) is 0 Å². The lowest BCUT2D eigenvalue weighted by Crippen LogP contribution is -2.30. The van der Waals surface area contributed by atoms with E-state index < -0.39 is 6.10 Å². The molecule has 0 saturated carbocycles. The monoisotopic (exact) mass is 1020 g/mol. The van der Waals surface area contributed by atoms with Crippen molar-refractivity contribution in [1.29, 1.82) is 0 Å². The van der Waals surface area contributed by atoms with Crippen molar-refractivity contribution in [2.75, 3.05) is 13.2 Å². The molecule has 6 nitrogen and oxygen atoms in total. The fraction of sp³-hybridized carbons (Fsp3) is 0.866. The summed E-state index contributed by atoms with van der Waals surface area (Å²) in [5.41, 5.74) is 0. The summed E-state index contributed by atoms with van der Waals surface area (Å²) in [6, 6.07) is 0. The summed E-state index contributed by atoms with van der Waals surface area (Å²) in [5.74, 6) is -0.858. The summed E-state index contributed by atoms with van der Waals surface area (Å²) in [6.07, 6.45) is 76.0. The van der Waals surface area contributed by atoms with Gasteiger partial charge in [-0.1, -0.05) is 301 Å². The van der Waals surface area contributed by atoms with E-state index in [4.69, 9.17) is 14.2 Å². The van der Waals surface area contributed by atoms with Crippen LogP contribution >= 0.6 is 0 Å². The first-order valence-corrected chi connectivity index (χ1v) is 32.5. The highest BCUT2D eigenvalue weighted by Crippen LogP contribution is 2.18. The van der Waals surface area contributed by atoms with Crippen molar-refractivity contribution < 1.29 is 28.6 Å². The molecular formula is C67H124O6. The lowest BCUT2D eigenvalue weighted by molar-refractivity contribution is -0.167. The average molecular weight is 1030 g/mol. The average Bonchev–Trinajstić information content (AvgIpc) is 3.39. The van der Waals surface area contributed by atoms with E-state index in [9.17, 15) is 14.4 Å². The van der Waals surface area contributed by atoms with Crippen LogP contribution in [0.5, 0.6) is 0 Å². The highest BCUT2D eigenvalue weighted by Gasteiger charge is 2.19. The number of esters is 3. The quantitative estimate of drug-likeness (QED) is 0.0261. The lowest BCUT2D eigenvalue weighted by atomic mass is 10.0. The molecule has 0 aromatic rings. The SMILES string of the molecule is CCC/C=C\CCCCCCCC(=O)OCC(COC(=O)CCCCCCCCCCCCCCCCCCC/C=C\C/C=C\CCCCCCC)OC(=O)CCCCCCCCCCCCCCCCCC. The molecule has 6 heteroatoms. The van der Waals surface area contributed by atoms with E-state index in [1.807, 2.05) is 0 Å². The molecule has 0 aliphatic rings. The van der Waals surface area contributed by atoms with E-state index in [0.29, 0.717) is 19.3 Å². The van der Waals surface area contributed by atoms with Gasteiger partial charge in [0.05, 0.1) is 0 Å². The van der Waals surface area contributed by atoms with Gasteiger partial charge in [0.25, 0.3) is 0 Å². The molecule has 73 heavy (non-hydrogen) atoms. The zero-order valence-corrected chi connectivity index (χ0v) is 49.2. The zero-order chi connectivity index (χ0) is 52.9. The predicted octanol–water partition coefficient (Wildman–Crippen LogP) is 22.0. The van der Waals surface area contributed by atoms with Gasteiger partial charge in [-0.25, -0.2) is 0 Å². The van der Waals surface area contributed by atoms with Crippen LogP contribution in [0, 0.1) is 0 Å². The molecule has 0 aromatic carbocycles. The predicted molar refractivity (Wildman–Crippen MR) is 316 cm³/mol. The van der Waals surface area contributed by atoms with Gasteiger partial charge in [0.15, 0.2) is 6.10 Å². The van der Waals surface area contributed by atoms with E-state index >= 15 is 0 Å². The van der Waals surface area contributed by atoms with Crippen LogP contribution in [0.25, 0.3) is 0 Å².